The van der Waals surface area contributed by atoms with Crippen LogP contribution in [0, 0.1) is 0 Å². The lowest BCUT2D eigenvalue weighted by Crippen LogP contribution is -1.93. The Morgan fingerprint density at radius 2 is 2.00 bits per heavy atom. The minimum atomic E-state index is -0.493. The maximum absolute atomic E-state index is 12.0. The number of hydrogen-bond donors (Lipinski definition) is 1. The highest BCUT2D eigenvalue weighted by atomic mass is 16.3. The van der Waals surface area contributed by atoms with Crippen molar-refractivity contribution in [3.63, 3.8) is 0 Å². The van der Waals surface area contributed by atoms with Gasteiger partial charge in [0.25, 0.3) is 5.91 Å². The molecule has 0 aliphatic carbocycles. The van der Waals surface area contributed by atoms with Gasteiger partial charge in [0.05, 0.1) is 5.52 Å². The number of nitrogens with zero attached hydrogens (tertiary/aromatic N) is 4. The van der Waals surface area contributed by atoms with Crippen molar-refractivity contribution in [3.8, 4) is 5.88 Å². The number of carbonyl (C=O) groups excluding carboxylic acids is 1. The van der Waals surface area contributed by atoms with Crippen LogP contribution in [0.5, 0.6) is 5.88 Å². The van der Waals surface area contributed by atoms with E-state index in [-0.39, 0.29) is 11.6 Å². The smallest absolute Gasteiger partial charge is 0.295 e. The second kappa shape index (κ2) is 6.23. The second-order valence-corrected chi connectivity index (χ2v) is 4.83. The molecule has 1 N–H and O–H groups in total. The first-order chi connectivity index (χ1) is 11.2. The van der Waals surface area contributed by atoms with E-state index in [9.17, 15) is 9.90 Å². The Hall–Kier alpha value is -3.28. The highest BCUT2D eigenvalue weighted by Gasteiger charge is 2.16. The number of pyridine rings is 1. The summed E-state index contributed by atoms with van der Waals surface area (Å²) in [5, 5.41) is 18.8. The van der Waals surface area contributed by atoms with E-state index in [1.807, 2.05) is 24.3 Å². The van der Waals surface area contributed by atoms with Gasteiger partial charge in [-0.1, -0.05) is 24.3 Å². The molecule has 1 amide bonds. The monoisotopic (exact) mass is 306 g/mol. The normalized spacial score (nSPS) is 11.1. The van der Waals surface area contributed by atoms with E-state index < -0.39 is 5.91 Å². The first-order valence-corrected chi connectivity index (χ1v) is 6.99. The van der Waals surface area contributed by atoms with Gasteiger partial charge in [-0.25, -0.2) is 0 Å². The highest BCUT2D eigenvalue weighted by molar-refractivity contribution is 5.97. The average Bonchev–Trinajstić information content (AvgIpc) is 2.86. The summed E-state index contributed by atoms with van der Waals surface area (Å²) in [4.78, 5) is 15.9. The zero-order valence-corrected chi connectivity index (χ0v) is 12.3. The largest absolute Gasteiger partial charge is 0.493 e. The topological polar surface area (TPSA) is 79.8 Å². The molecule has 0 atom stereocenters. The molecule has 2 aromatic heterocycles. The van der Waals surface area contributed by atoms with Gasteiger partial charge in [-0.2, -0.15) is 0 Å². The molecule has 6 nitrogen and oxygen atoms in total. The fourth-order valence-electron chi connectivity index (χ4n) is 2.33. The van der Waals surface area contributed by atoms with Gasteiger partial charge in [-0.3, -0.25) is 9.78 Å². The molecule has 0 spiro atoms. The summed E-state index contributed by atoms with van der Waals surface area (Å²) in [5.74, 6) is -0.537. The van der Waals surface area contributed by atoms with Crippen molar-refractivity contribution in [2.45, 2.75) is 6.54 Å². The van der Waals surface area contributed by atoms with Crippen LogP contribution in [0.15, 0.2) is 71.7 Å². The summed E-state index contributed by atoms with van der Waals surface area (Å²) in [6.07, 6.45) is 4.70. The van der Waals surface area contributed by atoms with Crippen molar-refractivity contribution in [1.29, 1.82) is 0 Å². The number of fused-ring (bicyclic) bond motifs is 1. The van der Waals surface area contributed by atoms with Crippen LogP contribution in [-0.4, -0.2) is 20.6 Å². The zero-order chi connectivity index (χ0) is 16.2. The second-order valence-electron chi connectivity index (χ2n) is 4.83. The lowest BCUT2D eigenvalue weighted by atomic mass is 10.2. The predicted molar refractivity (Wildman–Crippen MR) is 86.9 cm³/mol. The van der Waals surface area contributed by atoms with E-state index in [4.69, 9.17) is 0 Å². The molecule has 2 heterocycles. The van der Waals surface area contributed by atoms with Gasteiger partial charge in [-0.15, -0.1) is 16.8 Å². The lowest BCUT2D eigenvalue weighted by Gasteiger charge is -2.01. The molecule has 0 unspecified atom stereocenters. The Kier molecular flexibility index (Phi) is 3.97. The van der Waals surface area contributed by atoms with Crippen molar-refractivity contribution in [3.05, 3.63) is 67.0 Å². The summed E-state index contributed by atoms with van der Waals surface area (Å²) >= 11 is 0. The third-order valence-corrected chi connectivity index (χ3v) is 3.40. The average molecular weight is 306 g/mol. The van der Waals surface area contributed by atoms with Gasteiger partial charge < -0.3 is 9.67 Å². The number of allylic oxidation sites excluding steroid dienone is 1. The first kappa shape index (κ1) is 14.6. The maximum atomic E-state index is 12.0. The Morgan fingerprint density at radius 3 is 2.74 bits per heavy atom. The summed E-state index contributed by atoms with van der Waals surface area (Å²) in [5.41, 5.74) is 1.46. The van der Waals surface area contributed by atoms with Gasteiger partial charge >= 0.3 is 0 Å². The molecule has 0 aliphatic heterocycles. The number of rotatable bonds is 4. The fraction of sp³-hybridized carbons (Fsp3) is 0.0588. The number of para-hydroxylation sites is 1. The molecule has 23 heavy (non-hydrogen) atoms. The molecule has 3 aromatic rings. The number of carbonyl (C=O) groups is 1. The first-order valence-electron chi connectivity index (χ1n) is 6.99. The van der Waals surface area contributed by atoms with Gasteiger partial charge in [0.2, 0.25) is 5.88 Å². The highest BCUT2D eigenvalue weighted by Crippen LogP contribution is 2.38. The molecular formula is C17H14N4O2. The molecule has 1 aromatic carbocycles. The van der Waals surface area contributed by atoms with Crippen molar-refractivity contribution in [2.75, 3.05) is 0 Å². The number of benzene rings is 1. The third kappa shape index (κ3) is 2.74. The van der Waals surface area contributed by atoms with Gasteiger partial charge in [0.1, 0.15) is 0 Å². The molecule has 6 heteroatoms. The molecule has 0 bridgehead atoms. The Labute approximate surface area is 132 Å². The van der Waals surface area contributed by atoms with Crippen molar-refractivity contribution < 1.29 is 9.90 Å². The van der Waals surface area contributed by atoms with Crippen LogP contribution >= 0.6 is 0 Å². The lowest BCUT2D eigenvalue weighted by molar-refractivity contribution is 0.0995. The zero-order valence-electron chi connectivity index (χ0n) is 12.3. The Balaban J connectivity index is 2.03. The molecule has 0 fully saturated rings. The third-order valence-electron chi connectivity index (χ3n) is 3.40. The van der Waals surface area contributed by atoms with Gasteiger partial charge in [0.15, 0.2) is 5.69 Å². The van der Waals surface area contributed by atoms with E-state index in [1.165, 1.54) is 12.4 Å². The van der Waals surface area contributed by atoms with Crippen LogP contribution in [0.25, 0.3) is 10.9 Å². The minimum absolute atomic E-state index is 0.0441. The summed E-state index contributed by atoms with van der Waals surface area (Å²) in [6, 6.07) is 10.5. The van der Waals surface area contributed by atoms with Crippen LogP contribution in [0.2, 0.25) is 0 Å². The predicted octanol–water partition coefficient (Wildman–Crippen LogP) is 3.85. The van der Waals surface area contributed by atoms with Crippen LogP contribution in [0.4, 0.5) is 5.69 Å². The van der Waals surface area contributed by atoms with Crippen molar-refractivity contribution in [2.24, 2.45) is 10.2 Å². The summed E-state index contributed by atoms with van der Waals surface area (Å²) in [6.45, 7) is 4.11. The van der Waals surface area contributed by atoms with Gasteiger partial charge in [-0.05, 0) is 18.2 Å². The molecule has 0 aliphatic rings. The van der Waals surface area contributed by atoms with E-state index >= 15 is 0 Å². The van der Waals surface area contributed by atoms with Gasteiger partial charge in [0, 0.05) is 29.9 Å². The maximum Gasteiger partial charge on any atom is 0.295 e. The molecule has 0 radical (unpaired) electrons. The standard InChI is InChI=1S/C17H14N4O2/c1-2-11-21-14-6-4-3-5-13(14)15(17(21)23)19-20-16(22)12-7-9-18-10-8-12/h2-10,23H,1,11H2. The van der Waals surface area contributed by atoms with Crippen LogP contribution in [-0.2, 0) is 6.54 Å². The number of aromatic nitrogens is 2. The molecule has 3 rings (SSSR count). The number of azo groups is 1. The van der Waals surface area contributed by atoms with E-state index in [0.29, 0.717) is 12.1 Å². The SMILES string of the molecule is C=CCn1c(O)c(N=NC(=O)c2ccncc2)c2ccccc21. The number of amides is 1. The molecule has 114 valence electrons. The summed E-state index contributed by atoms with van der Waals surface area (Å²) < 4.78 is 1.66. The molecular weight excluding hydrogens is 292 g/mol. The summed E-state index contributed by atoms with van der Waals surface area (Å²) in [7, 11) is 0. The molecule has 0 saturated carbocycles. The van der Waals surface area contributed by atoms with Crippen LogP contribution in [0.1, 0.15) is 10.4 Å². The Morgan fingerprint density at radius 1 is 1.26 bits per heavy atom. The number of aromatic hydroxyl groups is 1. The fourth-order valence-corrected chi connectivity index (χ4v) is 2.33. The van der Waals surface area contributed by atoms with E-state index in [2.05, 4.69) is 21.8 Å². The van der Waals surface area contributed by atoms with Crippen LogP contribution in [0.3, 0.4) is 0 Å². The van der Waals surface area contributed by atoms with E-state index in [0.717, 1.165) is 10.9 Å². The van der Waals surface area contributed by atoms with E-state index in [1.54, 1.807) is 22.8 Å². The Bertz CT molecular complexity index is 898. The minimum Gasteiger partial charge on any atom is -0.493 e. The number of hydrogen-bond acceptors (Lipinski definition) is 4. The van der Waals surface area contributed by atoms with Crippen molar-refractivity contribution in [1.82, 2.24) is 9.55 Å². The van der Waals surface area contributed by atoms with Crippen LogP contribution < -0.4 is 0 Å². The van der Waals surface area contributed by atoms with Crippen molar-refractivity contribution >= 4 is 22.5 Å². The molecule has 0 saturated heterocycles. The quantitative estimate of drug-likeness (QED) is 0.587.